The number of ether oxygens (including phenoxy) is 1. The molecule has 0 radical (unpaired) electrons. The molecule has 1 fully saturated rings. The molecule has 0 saturated carbocycles. The van der Waals surface area contributed by atoms with Gasteiger partial charge < -0.3 is 4.74 Å². The van der Waals surface area contributed by atoms with Crippen LogP contribution < -0.4 is 0 Å². The molecule has 1 saturated heterocycles. The SMILES string of the molecule is CC[C@@H]1CN(CC#N)CCO1. The van der Waals surface area contributed by atoms with Crippen LogP contribution in [0.2, 0.25) is 0 Å². The minimum absolute atomic E-state index is 0.345. The van der Waals surface area contributed by atoms with Gasteiger partial charge in [0.05, 0.1) is 25.3 Å². The second-order valence-corrected chi connectivity index (χ2v) is 2.79. The predicted molar refractivity (Wildman–Crippen MR) is 42.1 cm³/mol. The molecule has 1 atom stereocenters. The molecular weight excluding hydrogens is 140 g/mol. The molecular formula is C8H14N2O. The van der Waals surface area contributed by atoms with Gasteiger partial charge >= 0.3 is 0 Å². The van der Waals surface area contributed by atoms with Gasteiger partial charge in [0.1, 0.15) is 0 Å². The zero-order valence-electron chi connectivity index (χ0n) is 6.92. The first-order valence-corrected chi connectivity index (χ1v) is 4.07. The Balaban J connectivity index is 2.28. The van der Waals surface area contributed by atoms with Gasteiger partial charge in [-0.2, -0.15) is 5.26 Å². The van der Waals surface area contributed by atoms with Gasteiger partial charge in [-0.05, 0) is 6.42 Å². The molecule has 0 aliphatic carbocycles. The third-order valence-corrected chi connectivity index (χ3v) is 1.97. The Hall–Kier alpha value is -0.590. The van der Waals surface area contributed by atoms with Crippen molar-refractivity contribution in [2.45, 2.75) is 19.4 Å². The highest BCUT2D eigenvalue weighted by Gasteiger charge is 2.17. The smallest absolute Gasteiger partial charge is 0.0867 e. The minimum Gasteiger partial charge on any atom is -0.376 e. The van der Waals surface area contributed by atoms with E-state index in [4.69, 9.17) is 10.00 Å². The summed E-state index contributed by atoms with van der Waals surface area (Å²) in [5, 5.41) is 8.44. The summed E-state index contributed by atoms with van der Waals surface area (Å²) in [6.07, 6.45) is 1.39. The largest absolute Gasteiger partial charge is 0.376 e. The van der Waals surface area contributed by atoms with E-state index in [1.54, 1.807) is 0 Å². The number of morpholine rings is 1. The molecule has 62 valence electrons. The molecule has 1 aliphatic rings. The lowest BCUT2D eigenvalue weighted by Crippen LogP contribution is -2.42. The molecule has 0 aromatic rings. The lowest BCUT2D eigenvalue weighted by molar-refractivity contribution is -0.0251. The number of rotatable bonds is 2. The molecule has 0 N–H and O–H groups in total. The van der Waals surface area contributed by atoms with Gasteiger partial charge in [0.2, 0.25) is 0 Å². The molecule has 11 heavy (non-hydrogen) atoms. The van der Waals surface area contributed by atoms with Crippen LogP contribution in [0.25, 0.3) is 0 Å². The maximum atomic E-state index is 8.44. The summed E-state index contributed by atoms with van der Waals surface area (Å²) in [7, 11) is 0. The first-order chi connectivity index (χ1) is 5.36. The van der Waals surface area contributed by atoms with E-state index in [1.165, 1.54) is 0 Å². The third-order valence-electron chi connectivity index (χ3n) is 1.97. The first kappa shape index (κ1) is 8.51. The van der Waals surface area contributed by atoms with Crippen LogP contribution in [-0.4, -0.2) is 37.2 Å². The third kappa shape index (κ3) is 2.49. The first-order valence-electron chi connectivity index (χ1n) is 4.07. The topological polar surface area (TPSA) is 36.3 Å². The number of hydrogen-bond donors (Lipinski definition) is 0. The van der Waals surface area contributed by atoms with E-state index < -0.39 is 0 Å². The number of nitriles is 1. The van der Waals surface area contributed by atoms with E-state index in [0.717, 1.165) is 26.1 Å². The molecule has 0 unspecified atom stereocenters. The van der Waals surface area contributed by atoms with Crippen molar-refractivity contribution in [3.05, 3.63) is 0 Å². The average molecular weight is 154 g/mol. The Morgan fingerprint density at radius 3 is 3.18 bits per heavy atom. The van der Waals surface area contributed by atoms with Gasteiger partial charge in [-0.3, -0.25) is 4.90 Å². The highest BCUT2D eigenvalue weighted by atomic mass is 16.5. The fourth-order valence-electron chi connectivity index (χ4n) is 1.27. The summed E-state index contributed by atoms with van der Waals surface area (Å²) in [6.45, 7) is 5.26. The van der Waals surface area contributed by atoms with Crippen LogP contribution in [-0.2, 0) is 4.74 Å². The van der Waals surface area contributed by atoms with Crippen molar-refractivity contribution in [2.24, 2.45) is 0 Å². The predicted octanol–water partition coefficient (Wildman–Crippen LogP) is 0.621. The molecule has 0 aromatic carbocycles. The van der Waals surface area contributed by atoms with Crippen LogP contribution >= 0.6 is 0 Å². The van der Waals surface area contributed by atoms with Gasteiger partial charge in [0.15, 0.2) is 0 Å². The summed E-state index contributed by atoms with van der Waals surface area (Å²) in [5.41, 5.74) is 0. The second kappa shape index (κ2) is 4.32. The highest BCUT2D eigenvalue weighted by Crippen LogP contribution is 2.06. The molecule has 0 spiro atoms. The van der Waals surface area contributed by atoms with Gasteiger partial charge in [-0.1, -0.05) is 6.92 Å². The summed E-state index contributed by atoms with van der Waals surface area (Å²) in [5.74, 6) is 0. The zero-order chi connectivity index (χ0) is 8.10. The van der Waals surface area contributed by atoms with Gasteiger partial charge in [0.25, 0.3) is 0 Å². The highest BCUT2D eigenvalue weighted by molar-refractivity contribution is 4.80. The van der Waals surface area contributed by atoms with Crippen LogP contribution in [0.5, 0.6) is 0 Å². The minimum atomic E-state index is 0.345. The molecule has 3 nitrogen and oxygen atoms in total. The number of nitrogens with zero attached hydrogens (tertiary/aromatic N) is 2. The summed E-state index contributed by atoms with van der Waals surface area (Å²) in [6, 6.07) is 2.15. The summed E-state index contributed by atoms with van der Waals surface area (Å²) >= 11 is 0. The maximum Gasteiger partial charge on any atom is 0.0867 e. The quantitative estimate of drug-likeness (QED) is 0.547. The van der Waals surface area contributed by atoms with Gasteiger partial charge in [0, 0.05) is 13.1 Å². The monoisotopic (exact) mass is 154 g/mol. The molecule has 1 aliphatic heterocycles. The molecule has 3 heteroatoms. The molecule has 1 heterocycles. The molecule has 0 aromatic heterocycles. The van der Waals surface area contributed by atoms with Crippen LogP contribution in [0.3, 0.4) is 0 Å². The Morgan fingerprint density at radius 1 is 1.73 bits per heavy atom. The van der Waals surface area contributed by atoms with E-state index in [9.17, 15) is 0 Å². The van der Waals surface area contributed by atoms with Crippen molar-refractivity contribution in [2.75, 3.05) is 26.2 Å². The fourth-order valence-corrected chi connectivity index (χ4v) is 1.27. The standard InChI is InChI=1S/C8H14N2O/c1-2-8-7-10(4-3-9)5-6-11-8/h8H,2,4-7H2,1H3/t8-/m1/s1. The molecule has 0 bridgehead atoms. The number of hydrogen-bond acceptors (Lipinski definition) is 3. The van der Waals surface area contributed by atoms with Gasteiger partial charge in [-0.15, -0.1) is 0 Å². The molecule has 1 rings (SSSR count). The van der Waals surface area contributed by atoms with Crippen molar-refractivity contribution >= 4 is 0 Å². The zero-order valence-corrected chi connectivity index (χ0v) is 6.92. The normalized spacial score (nSPS) is 26.4. The van der Waals surface area contributed by atoms with Crippen molar-refractivity contribution in [3.63, 3.8) is 0 Å². The lowest BCUT2D eigenvalue weighted by Gasteiger charge is -2.30. The summed E-state index contributed by atoms with van der Waals surface area (Å²) in [4.78, 5) is 2.14. The van der Waals surface area contributed by atoms with Crippen molar-refractivity contribution in [3.8, 4) is 6.07 Å². The van der Waals surface area contributed by atoms with E-state index in [2.05, 4.69) is 17.9 Å². The fraction of sp³-hybridized carbons (Fsp3) is 0.875. The van der Waals surface area contributed by atoms with E-state index >= 15 is 0 Å². The Morgan fingerprint density at radius 2 is 2.55 bits per heavy atom. The van der Waals surface area contributed by atoms with Crippen LogP contribution in [0.1, 0.15) is 13.3 Å². The molecule has 0 amide bonds. The van der Waals surface area contributed by atoms with Gasteiger partial charge in [-0.25, -0.2) is 0 Å². The van der Waals surface area contributed by atoms with Crippen LogP contribution in [0, 0.1) is 11.3 Å². The van der Waals surface area contributed by atoms with E-state index in [0.29, 0.717) is 12.6 Å². The Kier molecular flexibility index (Phi) is 3.34. The van der Waals surface area contributed by atoms with Crippen molar-refractivity contribution in [1.29, 1.82) is 5.26 Å². The Labute approximate surface area is 67.6 Å². The maximum absolute atomic E-state index is 8.44. The summed E-state index contributed by atoms with van der Waals surface area (Å²) < 4.78 is 5.45. The average Bonchev–Trinajstić information content (AvgIpc) is 2.06. The van der Waals surface area contributed by atoms with Crippen molar-refractivity contribution in [1.82, 2.24) is 4.90 Å². The Bertz CT molecular complexity index is 153. The van der Waals surface area contributed by atoms with E-state index in [1.807, 2.05) is 0 Å². The van der Waals surface area contributed by atoms with Crippen molar-refractivity contribution < 1.29 is 4.74 Å². The lowest BCUT2D eigenvalue weighted by atomic mass is 10.2. The van der Waals surface area contributed by atoms with Crippen LogP contribution in [0.4, 0.5) is 0 Å². The van der Waals surface area contributed by atoms with E-state index in [-0.39, 0.29) is 0 Å². The van der Waals surface area contributed by atoms with Crippen LogP contribution in [0.15, 0.2) is 0 Å². The second-order valence-electron chi connectivity index (χ2n) is 2.79.